The van der Waals surface area contributed by atoms with E-state index in [1.54, 1.807) is 20.8 Å². The summed E-state index contributed by atoms with van der Waals surface area (Å²) in [6.45, 7) is 24.4. The molecule has 4 fully saturated rings. The first-order chi connectivity index (χ1) is 68.0. The predicted octanol–water partition coefficient (Wildman–Crippen LogP) is 23.4. The third-order valence-corrected chi connectivity index (χ3v) is 26.9. The van der Waals surface area contributed by atoms with Crippen LogP contribution in [0.3, 0.4) is 0 Å². The Morgan fingerprint density at radius 2 is 0.681 bits per heavy atom. The van der Waals surface area contributed by atoms with Gasteiger partial charge in [0.25, 0.3) is 23.6 Å². The summed E-state index contributed by atoms with van der Waals surface area (Å²) in [5.74, 6) is 12.8. The summed E-state index contributed by atoms with van der Waals surface area (Å²) in [4.78, 5) is 10.2. The number of nitrogens with one attached hydrogen (secondary N) is 1. The van der Waals surface area contributed by atoms with Gasteiger partial charge in [0.15, 0.2) is 34.5 Å². The molecule has 27 heteroatoms. The summed E-state index contributed by atoms with van der Waals surface area (Å²) in [7, 11) is 0. The van der Waals surface area contributed by atoms with E-state index >= 15 is 0 Å². The molecule has 1 N–H and O–H groups in total. The number of rotatable bonds is 31. The van der Waals surface area contributed by atoms with Crippen molar-refractivity contribution in [3.05, 3.63) is 276 Å². The molecule has 5 aliphatic rings. The third-order valence-electron chi connectivity index (χ3n) is 26.9. The number of likely N-dealkylation sites (tertiary alicyclic amines) is 4. The van der Waals surface area contributed by atoms with E-state index in [0.717, 1.165) is 202 Å². The third kappa shape index (κ3) is 22.8. The first-order valence-electron chi connectivity index (χ1n) is 48.9. The lowest BCUT2D eigenvalue weighted by molar-refractivity contribution is 0.173. The highest BCUT2D eigenvalue weighted by atomic mass is 16.7. The van der Waals surface area contributed by atoms with Gasteiger partial charge in [-0.3, -0.25) is 4.90 Å². The van der Waals surface area contributed by atoms with Crippen LogP contribution < -0.4 is 33.7 Å². The van der Waals surface area contributed by atoms with E-state index in [2.05, 4.69) is 193 Å². The smallest absolute Gasteiger partial charge is 0.283 e. The van der Waals surface area contributed by atoms with Crippen LogP contribution >= 0.6 is 0 Å². The summed E-state index contributed by atoms with van der Waals surface area (Å²) in [6, 6.07) is 79.9. The van der Waals surface area contributed by atoms with Crippen LogP contribution in [0.25, 0.3) is 112 Å². The number of benzene rings is 10. The minimum atomic E-state index is 0.327. The minimum absolute atomic E-state index is 0.327. The maximum Gasteiger partial charge on any atom is 0.283 e. The molecule has 27 nitrogen and oxygen atoms in total. The fourth-order valence-corrected chi connectivity index (χ4v) is 19.4. The number of hydrogen-bond acceptors (Lipinski definition) is 27. The van der Waals surface area contributed by atoms with Crippen molar-refractivity contribution in [2.24, 2.45) is 0 Å². The van der Waals surface area contributed by atoms with Gasteiger partial charge in [0.1, 0.15) is 45.3 Å². The Bertz CT molecular complexity index is 7020. The van der Waals surface area contributed by atoms with Gasteiger partial charge in [-0.1, -0.05) is 153 Å². The fraction of sp³-hybridized carbons (Fsp3) is 0.351. The highest BCUT2D eigenvalue weighted by Gasteiger charge is 2.29. The lowest BCUT2D eigenvalue weighted by Gasteiger charge is -2.32. The summed E-state index contributed by atoms with van der Waals surface area (Å²) in [5, 5.41) is 44.6. The zero-order valence-corrected chi connectivity index (χ0v) is 78.8. The second kappa shape index (κ2) is 44.0. The number of furan rings is 4. The second-order valence-electron chi connectivity index (χ2n) is 36.3. The Kier molecular flexibility index (Phi) is 29.3. The number of nitrogens with zero attached hydrogens (tertiary/aromatic N) is 12. The van der Waals surface area contributed by atoms with E-state index in [-0.39, 0.29) is 0 Å². The Morgan fingerprint density at radius 1 is 0.319 bits per heavy atom. The quantitative estimate of drug-likeness (QED) is 0.0395. The zero-order chi connectivity index (χ0) is 93.3. The summed E-state index contributed by atoms with van der Waals surface area (Å²) in [5.41, 5.74) is 8.72. The summed E-state index contributed by atoms with van der Waals surface area (Å²) < 4.78 is 81.2. The van der Waals surface area contributed by atoms with Crippen LogP contribution in [0.4, 0.5) is 0 Å². The van der Waals surface area contributed by atoms with Gasteiger partial charge in [-0.05, 0) is 258 Å². The van der Waals surface area contributed by atoms with Crippen molar-refractivity contribution in [3.63, 3.8) is 0 Å². The van der Waals surface area contributed by atoms with E-state index in [1.807, 2.05) is 110 Å². The molecule has 4 saturated heterocycles. The van der Waals surface area contributed by atoms with Crippen molar-refractivity contribution in [1.82, 2.24) is 65.7 Å². The number of fused-ring (bicyclic) bond motifs is 7. The molecule has 8 aromatic heterocycles. The molecule has 0 atom stereocenters. The Morgan fingerprint density at radius 3 is 1.08 bits per heavy atom. The van der Waals surface area contributed by atoms with Crippen molar-refractivity contribution in [2.75, 3.05) is 112 Å². The van der Waals surface area contributed by atoms with E-state index in [9.17, 15) is 0 Å². The van der Waals surface area contributed by atoms with Gasteiger partial charge in [-0.25, -0.2) is 0 Å². The Labute approximate surface area is 801 Å². The first-order valence-corrected chi connectivity index (χ1v) is 48.9. The van der Waals surface area contributed by atoms with Crippen molar-refractivity contribution < 1.29 is 63.8 Å². The average Bonchev–Trinajstić information content (AvgIpc) is 1.69. The molecule has 5 aliphatic heterocycles. The SMILES string of the molecule is CCc1nnc(-c2cc3c(OCCCN4CCC(c5ccc6ccccc6c5)CC4)cccc3o2)o1.Cc1nnc(-c2cc3c(OCCCN4CCC(c5ccc6c(c5)OCO6)CC4)cccc3o2)o1.Cc1nnc(-c2cc3c(OCCCN4CCC(c5ccc6ccccc6c5)CC4)cccc3o2)o1.Cc1nnc(-c2cc3c(OCCCNC4CCN(Cc5ccccc5)CC4)cccc3o2)o1. The molecule has 0 aliphatic carbocycles. The van der Waals surface area contributed by atoms with E-state index in [1.165, 1.54) is 82.3 Å². The summed E-state index contributed by atoms with van der Waals surface area (Å²) >= 11 is 0. The normalized spacial score (nSPS) is 15.5. The molecule has 0 amide bonds. The molecule has 710 valence electrons. The number of aromatic nitrogens is 8. The highest BCUT2D eigenvalue weighted by molar-refractivity contribution is 5.91. The Balaban J connectivity index is 0.000000113. The number of aryl methyl sites for hydroxylation is 4. The molecule has 0 saturated carbocycles. The van der Waals surface area contributed by atoms with Crippen LogP contribution in [0.5, 0.6) is 34.5 Å². The van der Waals surface area contributed by atoms with Gasteiger partial charge >= 0.3 is 0 Å². The molecule has 0 bridgehead atoms. The molecule has 0 spiro atoms. The van der Waals surface area contributed by atoms with Gasteiger partial charge in [0.2, 0.25) is 30.4 Å². The van der Waals surface area contributed by atoms with E-state index in [4.69, 9.17) is 63.8 Å². The molecule has 23 rings (SSSR count). The van der Waals surface area contributed by atoms with Gasteiger partial charge in [0, 0.05) is 83.7 Å². The lowest BCUT2D eigenvalue weighted by atomic mass is 9.88. The maximum absolute atomic E-state index is 6.16. The average molecular weight is 1860 g/mol. The molecule has 10 aromatic carbocycles. The monoisotopic (exact) mass is 1860 g/mol. The fourth-order valence-electron chi connectivity index (χ4n) is 19.4. The van der Waals surface area contributed by atoms with Crippen molar-refractivity contribution in [1.29, 1.82) is 0 Å². The zero-order valence-electron chi connectivity index (χ0n) is 78.8. The van der Waals surface area contributed by atoms with Crippen molar-refractivity contribution in [2.45, 2.75) is 142 Å². The summed E-state index contributed by atoms with van der Waals surface area (Å²) in [6.07, 6.45) is 14.2. The van der Waals surface area contributed by atoms with Gasteiger partial charge in [0.05, 0.1) is 48.0 Å². The molecule has 13 heterocycles. The van der Waals surface area contributed by atoms with Crippen LogP contribution in [0.2, 0.25) is 0 Å². The van der Waals surface area contributed by atoms with Crippen LogP contribution in [-0.2, 0) is 13.0 Å². The molecular formula is C111H117N13O14. The highest BCUT2D eigenvalue weighted by Crippen LogP contribution is 2.42. The van der Waals surface area contributed by atoms with Crippen molar-refractivity contribution in [3.8, 4) is 81.1 Å². The van der Waals surface area contributed by atoms with Crippen LogP contribution in [-0.4, -0.2) is 178 Å². The van der Waals surface area contributed by atoms with E-state index < -0.39 is 0 Å². The van der Waals surface area contributed by atoms with Gasteiger partial charge in [-0.2, -0.15) is 0 Å². The topological polar surface area (TPSA) is 289 Å². The van der Waals surface area contributed by atoms with Crippen LogP contribution in [0, 0.1) is 20.8 Å². The molecule has 0 unspecified atom stereocenters. The van der Waals surface area contributed by atoms with Gasteiger partial charge in [-0.15, -0.1) is 40.8 Å². The number of hydrogen-bond donors (Lipinski definition) is 1. The van der Waals surface area contributed by atoms with Gasteiger partial charge < -0.3 is 83.8 Å². The predicted molar refractivity (Wildman–Crippen MR) is 531 cm³/mol. The van der Waals surface area contributed by atoms with E-state index in [0.29, 0.717) is 134 Å². The molecule has 138 heavy (non-hydrogen) atoms. The lowest BCUT2D eigenvalue weighted by Crippen LogP contribution is -2.42. The van der Waals surface area contributed by atoms with Crippen LogP contribution in [0.15, 0.2) is 266 Å². The second-order valence-corrected chi connectivity index (χ2v) is 36.3. The van der Waals surface area contributed by atoms with Crippen LogP contribution in [0.1, 0.15) is 148 Å². The number of ether oxygens (including phenoxy) is 6. The number of piperidine rings is 4. The largest absolute Gasteiger partial charge is 0.493 e. The maximum atomic E-state index is 6.16. The molecular weight excluding hydrogens is 1740 g/mol. The van der Waals surface area contributed by atoms with Crippen molar-refractivity contribution >= 4 is 65.4 Å². The minimum Gasteiger partial charge on any atom is -0.493 e. The molecule has 0 radical (unpaired) electrons. The molecule has 18 aromatic rings. The standard InChI is InChI=1S/C30H31N3O3.C29H29N3O3.C26H30N4O3.C26H27N3O5/c1-2-29-31-32-30(36-29)28-20-25-26(9-5-10-27(25)35-28)34-18-6-15-33-16-13-22(14-17-33)24-12-11-21-7-3-4-8-23(21)19-24;1-20-30-31-29(34-20)28-19-25-26(8-4-9-27(25)35-28)33-17-5-14-32-15-12-22(13-16-32)24-11-10-21-6-2-3-7-23(21)18-24;1-19-28-29-26(32-19)25-17-22-23(9-5-10-24(22)33-25)31-16-6-13-27-21-11-14-30(15-12-21)18-20-7-3-2-4-8-20;1-17-27-28-26(33-17)25-15-20-21(4-2-5-22(20)34-25)30-13-3-10-29-11-8-18(9-12-29)19-6-7-23-24(14-19)32-16-31-23/h3-5,7-12,19-20,22H,2,6,13-18H2,1H3;2-4,6-11,18-19,22H,5,12-17H2,1H3;2-5,7-10,17,21,27H,6,11-16,18H2,1H3;2,4-7,14-15,18H,3,8-13,16H2,1H3. The Hall–Kier alpha value is -14.0. The first kappa shape index (κ1) is 91.8.